The summed E-state index contributed by atoms with van der Waals surface area (Å²) >= 11 is 0. The van der Waals surface area contributed by atoms with Crippen LogP contribution in [0, 0.1) is 5.92 Å². The number of hydrogen-bond donors (Lipinski definition) is 3. The van der Waals surface area contributed by atoms with E-state index in [9.17, 15) is 9.59 Å². The smallest absolute Gasteiger partial charge is 0.239 e. The fourth-order valence-electron chi connectivity index (χ4n) is 2.07. The number of rotatable bonds is 9. The number of methoxy groups -OCH3 is 3. The molecule has 0 aliphatic heterocycles. The Labute approximate surface area is 148 Å². The Morgan fingerprint density at radius 2 is 1.56 bits per heavy atom. The molecule has 140 valence electrons. The van der Waals surface area contributed by atoms with E-state index in [0.29, 0.717) is 17.2 Å². The molecule has 1 aromatic carbocycles. The van der Waals surface area contributed by atoms with Crippen LogP contribution in [0.5, 0.6) is 17.2 Å². The van der Waals surface area contributed by atoms with Crippen LogP contribution in [0.25, 0.3) is 0 Å². The lowest BCUT2D eigenvalue weighted by atomic mass is 10.1. The van der Waals surface area contributed by atoms with Gasteiger partial charge in [-0.3, -0.25) is 9.59 Å². The van der Waals surface area contributed by atoms with Crippen molar-refractivity contribution in [1.82, 2.24) is 10.6 Å². The highest BCUT2D eigenvalue weighted by Gasteiger charge is 2.18. The van der Waals surface area contributed by atoms with Crippen LogP contribution in [-0.2, 0) is 16.1 Å². The molecule has 25 heavy (non-hydrogen) atoms. The van der Waals surface area contributed by atoms with Gasteiger partial charge in [-0.1, -0.05) is 13.8 Å². The predicted octanol–water partition coefficient (Wildman–Crippen LogP) is 0.428. The predicted molar refractivity (Wildman–Crippen MR) is 93.8 cm³/mol. The Hall–Kier alpha value is -2.48. The second-order valence-corrected chi connectivity index (χ2v) is 5.78. The number of carbonyl (C=O) groups excluding carboxylic acids is 2. The molecule has 0 saturated heterocycles. The molecule has 0 unspecified atom stereocenters. The lowest BCUT2D eigenvalue weighted by molar-refractivity contribution is -0.127. The summed E-state index contributed by atoms with van der Waals surface area (Å²) in [6, 6.07) is 2.77. The molecule has 1 rings (SSSR count). The van der Waals surface area contributed by atoms with E-state index in [1.165, 1.54) is 21.3 Å². The highest BCUT2D eigenvalue weighted by atomic mass is 16.5. The molecule has 1 atom stereocenters. The van der Waals surface area contributed by atoms with Gasteiger partial charge in [-0.05, 0) is 12.0 Å². The first-order valence-electron chi connectivity index (χ1n) is 7.92. The van der Waals surface area contributed by atoms with Crippen molar-refractivity contribution < 1.29 is 23.8 Å². The van der Waals surface area contributed by atoms with Crippen LogP contribution in [0.1, 0.15) is 19.4 Å². The van der Waals surface area contributed by atoms with E-state index in [4.69, 9.17) is 19.9 Å². The van der Waals surface area contributed by atoms with Crippen molar-refractivity contribution in [3.05, 3.63) is 17.7 Å². The summed E-state index contributed by atoms with van der Waals surface area (Å²) < 4.78 is 15.8. The van der Waals surface area contributed by atoms with Crippen LogP contribution >= 0.6 is 0 Å². The van der Waals surface area contributed by atoms with Crippen LogP contribution in [0.4, 0.5) is 0 Å². The van der Waals surface area contributed by atoms with Crippen LogP contribution in [0.3, 0.4) is 0 Å². The van der Waals surface area contributed by atoms with E-state index < -0.39 is 6.04 Å². The van der Waals surface area contributed by atoms with Crippen molar-refractivity contribution in [3.8, 4) is 17.2 Å². The average molecular weight is 353 g/mol. The highest BCUT2D eigenvalue weighted by Crippen LogP contribution is 2.34. The van der Waals surface area contributed by atoms with Gasteiger partial charge in [0, 0.05) is 18.2 Å². The van der Waals surface area contributed by atoms with Gasteiger partial charge in [-0.2, -0.15) is 0 Å². The van der Waals surface area contributed by atoms with Gasteiger partial charge in [0.15, 0.2) is 11.5 Å². The van der Waals surface area contributed by atoms with Crippen molar-refractivity contribution in [1.29, 1.82) is 0 Å². The van der Waals surface area contributed by atoms with E-state index in [-0.39, 0.29) is 30.8 Å². The van der Waals surface area contributed by atoms with E-state index >= 15 is 0 Å². The monoisotopic (exact) mass is 353 g/mol. The SMILES string of the molecule is COc1cc(OC)c(OC)cc1CNC(=O)CNC(=O)[C@@H](N)C(C)C. The molecule has 0 bridgehead atoms. The van der Waals surface area contributed by atoms with Crippen molar-refractivity contribution in [2.75, 3.05) is 27.9 Å². The van der Waals surface area contributed by atoms with Crippen molar-refractivity contribution in [3.63, 3.8) is 0 Å². The summed E-state index contributed by atoms with van der Waals surface area (Å²) in [4.78, 5) is 23.7. The largest absolute Gasteiger partial charge is 0.496 e. The Morgan fingerprint density at radius 3 is 2.08 bits per heavy atom. The van der Waals surface area contributed by atoms with Gasteiger partial charge in [-0.15, -0.1) is 0 Å². The van der Waals surface area contributed by atoms with Crippen LogP contribution in [-0.4, -0.2) is 45.7 Å². The van der Waals surface area contributed by atoms with Gasteiger partial charge in [-0.25, -0.2) is 0 Å². The molecule has 0 spiro atoms. The van der Waals surface area contributed by atoms with Gasteiger partial charge >= 0.3 is 0 Å². The molecular weight excluding hydrogens is 326 g/mol. The maximum Gasteiger partial charge on any atom is 0.239 e. The van der Waals surface area contributed by atoms with Gasteiger partial charge < -0.3 is 30.6 Å². The standard InChI is InChI=1S/C17H27N3O5/c1-10(2)16(18)17(22)20-9-15(21)19-8-11-6-13(24-4)14(25-5)7-12(11)23-3/h6-7,10,16H,8-9,18H2,1-5H3,(H,19,21)(H,20,22)/t16-/m0/s1. The molecule has 2 amide bonds. The minimum Gasteiger partial charge on any atom is -0.496 e. The second-order valence-electron chi connectivity index (χ2n) is 5.78. The van der Waals surface area contributed by atoms with E-state index in [1.54, 1.807) is 12.1 Å². The molecule has 0 aliphatic rings. The number of hydrogen-bond acceptors (Lipinski definition) is 6. The third-order valence-electron chi connectivity index (χ3n) is 3.71. The van der Waals surface area contributed by atoms with Crippen LogP contribution < -0.4 is 30.6 Å². The third kappa shape index (κ3) is 5.82. The van der Waals surface area contributed by atoms with Gasteiger partial charge in [0.1, 0.15) is 5.75 Å². The molecule has 1 aromatic rings. The first kappa shape index (κ1) is 20.6. The summed E-state index contributed by atoms with van der Waals surface area (Å²) in [5.74, 6) is 0.936. The number of amides is 2. The number of benzene rings is 1. The van der Waals surface area contributed by atoms with Crippen molar-refractivity contribution in [2.24, 2.45) is 11.7 Å². The highest BCUT2D eigenvalue weighted by molar-refractivity contribution is 5.87. The zero-order valence-electron chi connectivity index (χ0n) is 15.3. The summed E-state index contributed by atoms with van der Waals surface area (Å²) in [5, 5.41) is 5.23. The fraction of sp³-hybridized carbons (Fsp3) is 0.529. The second kappa shape index (κ2) is 9.73. The normalized spacial score (nSPS) is 11.6. The van der Waals surface area contributed by atoms with E-state index in [0.717, 1.165) is 5.56 Å². The fourth-order valence-corrected chi connectivity index (χ4v) is 2.07. The zero-order chi connectivity index (χ0) is 19.0. The Morgan fingerprint density at radius 1 is 1.00 bits per heavy atom. The van der Waals surface area contributed by atoms with Crippen molar-refractivity contribution in [2.45, 2.75) is 26.4 Å². The van der Waals surface area contributed by atoms with E-state index in [1.807, 2.05) is 13.8 Å². The summed E-state index contributed by atoms with van der Waals surface area (Å²) in [6.45, 7) is 3.75. The quantitative estimate of drug-likeness (QED) is 0.593. The lowest BCUT2D eigenvalue weighted by Gasteiger charge is -2.16. The molecule has 0 heterocycles. The van der Waals surface area contributed by atoms with Gasteiger partial charge in [0.25, 0.3) is 0 Å². The zero-order valence-corrected chi connectivity index (χ0v) is 15.3. The lowest BCUT2D eigenvalue weighted by Crippen LogP contribution is -2.47. The number of ether oxygens (including phenoxy) is 3. The van der Waals surface area contributed by atoms with Crippen LogP contribution in [0.15, 0.2) is 12.1 Å². The molecule has 0 aromatic heterocycles. The maximum absolute atomic E-state index is 11.9. The van der Waals surface area contributed by atoms with Gasteiger partial charge in [0.2, 0.25) is 11.8 Å². The minimum absolute atomic E-state index is 0.000846. The molecular formula is C17H27N3O5. The first-order chi connectivity index (χ1) is 11.8. The molecule has 8 nitrogen and oxygen atoms in total. The summed E-state index contributed by atoms with van der Waals surface area (Å²) in [6.07, 6.45) is 0. The van der Waals surface area contributed by atoms with Crippen LogP contribution in [0.2, 0.25) is 0 Å². The van der Waals surface area contributed by atoms with Gasteiger partial charge in [0.05, 0.1) is 33.9 Å². The Kier molecular flexibility index (Phi) is 8.00. The topological polar surface area (TPSA) is 112 Å². The summed E-state index contributed by atoms with van der Waals surface area (Å²) in [7, 11) is 4.59. The number of nitrogens with two attached hydrogens (primary N) is 1. The first-order valence-corrected chi connectivity index (χ1v) is 7.92. The van der Waals surface area contributed by atoms with E-state index in [2.05, 4.69) is 10.6 Å². The minimum atomic E-state index is -0.640. The molecule has 0 aliphatic carbocycles. The number of carbonyl (C=O) groups is 2. The number of nitrogens with one attached hydrogen (secondary N) is 2. The van der Waals surface area contributed by atoms with Crippen molar-refractivity contribution >= 4 is 11.8 Å². The molecule has 8 heteroatoms. The Bertz CT molecular complexity index is 604. The Balaban J connectivity index is 2.65. The molecule has 0 radical (unpaired) electrons. The third-order valence-corrected chi connectivity index (χ3v) is 3.71. The summed E-state index contributed by atoms with van der Waals surface area (Å²) in [5.41, 5.74) is 6.44. The molecule has 4 N–H and O–H groups in total. The average Bonchev–Trinajstić information content (AvgIpc) is 2.62. The molecule has 0 saturated carbocycles. The maximum atomic E-state index is 11.9. The molecule has 0 fully saturated rings.